The predicted molar refractivity (Wildman–Crippen MR) is 68.8 cm³/mol. The SMILES string of the molecule is O=C(O)NCc1ccc(CN2CC(=O)NS2(=O)=O)cc1. The maximum absolute atomic E-state index is 11.5. The minimum absolute atomic E-state index is 0.0910. The van der Waals surface area contributed by atoms with Gasteiger partial charge in [0.1, 0.15) is 0 Å². The molecule has 1 aromatic carbocycles. The van der Waals surface area contributed by atoms with Crippen molar-refractivity contribution in [2.75, 3.05) is 6.54 Å². The molecule has 1 heterocycles. The third kappa shape index (κ3) is 3.45. The van der Waals surface area contributed by atoms with Gasteiger partial charge < -0.3 is 10.4 Å². The van der Waals surface area contributed by atoms with Gasteiger partial charge in [0.15, 0.2) is 0 Å². The summed E-state index contributed by atoms with van der Waals surface area (Å²) in [6.45, 7) is 0.0794. The van der Waals surface area contributed by atoms with Crippen molar-refractivity contribution in [1.82, 2.24) is 14.3 Å². The Hall–Kier alpha value is -2.13. The summed E-state index contributed by atoms with van der Waals surface area (Å²) in [5.41, 5.74) is 1.47. The zero-order chi connectivity index (χ0) is 14.8. The highest BCUT2D eigenvalue weighted by Crippen LogP contribution is 2.13. The van der Waals surface area contributed by atoms with Gasteiger partial charge in [-0.1, -0.05) is 24.3 Å². The Morgan fingerprint density at radius 3 is 2.40 bits per heavy atom. The lowest BCUT2D eigenvalue weighted by Crippen LogP contribution is -2.29. The van der Waals surface area contributed by atoms with Crippen LogP contribution in [0.2, 0.25) is 0 Å². The van der Waals surface area contributed by atoms with Crippen LogP contribution in [0.15, 0.2) is 24.3 Å². The van der Waals surface area contributed by atoms with Gasteiger partial charge in [-0.05, 0) is 11.1 Å². The Bertz CT molecular complexity index is 626. The van der Waals surface area contributed by atoms with Gasteiger partial charge in [0.2, 0.25) is 5.91 Å². The van der Waals surface area contributed by atoms with Crippen molar-refractivity contribution in [3.8, 4) is 0 Å². The van der Waals surface area contributed by atoms with E-state index in [1.165, 1.54) is 0 Å². The van der Waals surface area contributed by atoms with Crippen LogP contribution in [-0.4, -0.2) is 36.4 Å². The first-order valence-electron chi connectivity index (χ1n) is 5.72. The van der Waals surface area contributed by atoms with Crippen LogP contribution in [-0.2, 0) is 28.1 Å². The number of rotatable bonds is 4. The predicted octanol–water partition coefficient (Wildman–Crippen LogP) is -0.369. The fraction of sp³-hybridized carbons (Fsp3) is 0.273. The molecule has 3 N–H and O–H groups in total. The summed E-state index contributed by atoms with van der Waals surface area (Å²) in [6.07, 6.45) is -1.11. The molecule has 0 aliphatic carbocycles. The van der Waals surface area contributed by atoms with Crippen LogP contribution in [0.1, 0.15) is 11.1 Å². The van der Waals surface area contributed by atoms with E-state index in [4.69, 9.17) is 5.11 Å². The number of nitrogens with one attached hydrogen (secondary N) is 2. The smallest absolute Gasteiger partial charge is 0.404 e. The highest BCUT2D eigenvalue weighted by atomic mass is 32.2. The second-order valence-corrected chi connectivity index (χ2v) is 5.94. The molecule has 2 amide bonds. The molecule has 1 saturated heterocycles. The first-order chi connectivity index (χ1) is 9.37. The zero-order valence-electron chi connectivity index (χ0n) is 10.4. The number of carboxylic acid groups (broad SMARTS) is 1. The lowest BCUT2D eigenvalue weighted by atomic mass is 10.1. The van der Waals surface area contributed by atoms with Gasteiger partial charge in [-0.15, -0.1) is 0 Å². The molecule has 20 heavy (non-hydrogen) atoms. The summed E-state index contributed by atoms with van der Waals surface area (Å²) in [4.78, 5) is 21.4. The molecule has 0 atom stereocenters. The molecule has 1 aromatic rings. The highest BCUT2D eigenvalue weighted by molar-refractivity contribution is 7.88. The summed E-state index contributed by atoms with van der Waals surface area (Å²) in [5, 5.41) is 10.7. The van der Waals surface area contributed by atoms with Gasteiger partial charge in [0.05, 0.1) is 6.54 Å². The maximum atomic E-state index is 11.5. The molecule has 0 bridgehead atoms. The molecule has 0 radical (unpaired) electrons. The van der Waals surface area contributed by atoms with Gasteiger partial charge in [-0.2, -0.15) is 12.7 Å². The molecular formula is C11H13N3O5S. The van der Waals surface area contributed by atoms with E-state index in [9.17, 15) is 18.0 Å². The molecule has 1 aliphatic heterocycles. The monoisotopic (exact) mass is 299 g/mol. The number of carbonyl (C=O) groups excluding carboxylic acids is 1. The van der Waals surface area contributed by atoms with E-state index >= 15 is 0 Å². The third-order valence-electron chi connectivity index (χ3n) is 2.73. The van der Waals surface area contributed by atoms with Crippen molar-refractivity contribution in [3.05, 3.63) is 35.4 Å². The van der Waals surface area contributed by atoms with Crippen molar-refractivity contribution in [1.29, 1.82) is 0 Å². The first kappa shape index (κ1) is 14.3. The quantitative estimate of drug-likeness (QED) is 0.701. The van der Waals surface area contributed by atoms with Crippen LogP contribution in [0.4, 0.5) is 4.79 Å². The van der Waals surface area contributed by atoms with Crippen LogP contribution < -0.4 is 10.0 Å². The zero-order valence-corrected chi connectivity index (χ0v) is 11.2. The Morgan fingerprint density at radius 1 is 1.30 bits per heavy atom. The van der Waals surface area contributed by atoms with Crippen LogP contribution in [0.3, 0.4) is 0 Å². The molecule has 0 saturated carbocycles. The van der Waals surface area contributed by atoms with Gasteiger partial charge in [0.25, 0.3) is 0 Å². The second kappa shape index (κ2) is 5.47. The molecule has 8 nitrogen and oxygen atoms in total. The maximum Gasteiger partial charge on any atom is 0.404 e. The summed E-state index contributed by atoms with van der Waals surface area (Å²) in [6, 6.07) is 6.78. The second-order valence-electron chi connectivity index (χ2n) is 4.27. The number of hydrogen-bond donors (Lipinski definition) is 3. The van der Waals surface area contributed by atoms with E-state index in [1.54, 1.807) is 24.3 Å². The van der Waals surface area contributed by atoms with E-state index in [0.717, 1.165) is 9.87 Å². The molecular weight excluding hydrogens is 286 g/mol. The van der Waals surface area contributed by atoms with Gasteiger partial charge in [-0.25, -0.2) is 9.52 Å². The highest BCUT2D eigenvalue weighted by Gasteiger charge is 2.33. The van der Waals surface area contributed by atoms with Gasteiger partial charge >= 0.3 is 16.3 Å². The van der Waals surface area contributed by atoms with Crippen LogP contribution >= 0.6 is 0 Å². The van der Waals surface area contributed by atoms with Crippen LogP contribution in [0.25, 0.3) is 0 Å². The summed E-state index contributed by atoms with van der Waals surface area (Å²) >= 11 is 0. The largest absolute Gasteiger partial charge is 0.465 e. The number of hydrogen-bond acceptors (Lipinski definition) is 4. The lowest BCUT2D eigenvalue weighted by molar-refractivity contribution is -0.118. The molecule has 0 aromatic heterocycles. The summed E-state index contributed by atoms with van der Waals surface area (Å²) < 4.78 is 26.0. The Morgan fingerprint density at radius 2 is 1.90 bits per heavy atom. The molecule has 2 rings (SSSR count). The minimum Gasteiger partial charge on any atom is -0.465 e. The average Bonchev–Trinajstić information content (AvgIpc) is 2.61. The van der Waals surface area contributed by atoms with Crippen molar-refractivity contribution >= 4 is 22.2 Å². The summed E-state index contributed by atoms with van der Waals surface area (Å²) in [5.74, 6) is -0.549. The lowest BCUT2D eigenvalue weighted by Gasteiger charge is -2.12. The number of benzene rings is 1. The summed E-state index contributed by atoms with van der Waals surface area (Å²) in [7, 11) is -3.72. The van der Waals surface area contributed by atoms with Crippen molar-refractivity contribution in [2.24, 2.45) is 0 Å². The Kier molecular flexibility index (Phi) is 3.91. The topological polar surface area (TPSA) is 116 Å². The standard InChI is InChI=1S/C11H13N3O5S/c15-10-7-14(20(18,19)13-10)6-9-3-1-8(2-4-9)5-12-11(16)17/h1-4,12H,5-7H2,(H,13,15)(H,16,17). The Labute approximate surface area is 115 Å². The van der Waals surface area contributed by atoms with E-state index in [1.807, 2.05) is 4.72 Å². The molecule has 108 valence electrons. The number of amides is 2. The Balaban J connectivity index is 2.01. The van der Waals surface area contributed by atoms with Gasteiger partial charge in [-0.3, -0.25) is 4.79 Å². The molecule has 1 fully saturated rings. The van der Waals surface area contributed by atoms with Crippen molar-refractivity contribution < 1.29 is 23.1 Å². The van der Waals surface area contributed by atoms with Crippen molar-refractivity contribution in [2.45, 2.75) is 13.1 Å². The van der Waals surface area contributed by atoms with Crippen LogP contribution in [0, 0.1) is 0 Å². The molecule has 1 aliphatic rings. The van der Waals surface area contributed by atoms with Crippen molar-refractivity contribution in [3.63, 3.8) is 0 Å². The number of nitrogens with zero attached hydrogens (tertiary/aromatic N) is 1. The molecule has 9 heteroatoms. The van der Waals surface area contributed by atoms with E-state index in [-0.39, 0.29) is 19.6 Å². The average molecular weight is 299 g/mol. The third-order valence-corrected chi connectivity index (χ3v) is 4.15. The van der Waals surface area contributed by atoms with E-state index in [2.05, 4.69) is 5.32 Å². The van der Waals surface area contributed by atoms with Gasteiger partial charge in [0, 0.05) is 13.1 Å². The number of carbonyl (C=O) groups is 2. The fourth-order valence-electron chi connectivity index (χ4n) is 1.77. The van der Waals surface area contributed by atoms with E-state index in [0.29, 0.717) is 5.56 Å². The van der Waals surface area contributed by atoms with E-state index < -0.39 is 22.2 Å². The van der Waals surface area contributed by atoms with Crippen LogP contribution in [0.5, 0.6) is 0 Å². The normalized spacial score (nSPS) is 17.7. The fourth-order valence-corrected chi connectivity index (χ4v) is 2.86. The first-order valence-corrected chi connectivity index (χ1v) is 7.16. The molecule has 0 unspecified atom stereocenters. The minimum atomic E-state index is -3.72. The molecule has 0 spiro atoms.